The molecule has 0 amide bonds. The van der Waals surface area contributed by atoms with E-state index in [2.05, 4.69) is 18.0 Å². The molecule has 0 unspecified atom stereocenters. The second-order valence-corrected chi connectivity index (χ2v) is 16.4. The number of carboxylic acid groups (broad SMARTS) is 7. The normalized spacial score (nSPS) is 10.3. The van der Waals surface area contributed by atoms with E-state index in [0.717, 1.165) is 25.7 Å². The van der Waals surface area contributed by atoms with Gasteiger partial charge in [-0.1, -0.05) is 162 Å². The minimum absolute atomic E-state index is 0. The molecular formula is C42H72MgNa4O20S. The maximum absolute atomic E-state index is 10.3. The van der Waals surface area contributed by atoms with Crippen LogP contribution in [0.5, 0.6) is 0 Å². The Hall–Kier alpha value is 0.846. The van der Waals surface area contributed by atoms with Crippen LogP contribution in [0.1, 0.15) is 206 Å². The van der Waals surface area contributed by atoms with Crippen molar-refractivity contribution in [3.05, 3.63) is 0 Å². The maximum Gasteiger partial charge on any atom is 2.00 e. The van der Waals surface area contributed by atoms with Crippen molar-refractivity contribution in [2.45, 2.75) is 218 Å². The molecule has 0 aliphatic rings. The average Bonchev–Trinajstić information content (AvgIpc) is 3.14. The number of unbranched alkanes of at least 4 members (excludes halogenated alkanes) is 23. The molecule has 0 spiro atoms. The molecule has 0 saturated heterocycles. The number of carboxylic acids is 7. The number of hydrogen-bond acceptors (Lipinski definition) is 18. The fraction of sp³-hybridized carbons (Fsp3) is 0.833. The molecule has 0 atom stereocenters. The van der Waals surface area contributed by atoms with E-state index in [1.165, 1.54) is 128 Å². The van der Waals surface area contributed by atoms with E-state index in [-0.39, 0.29) is 148 Å². The molecule has 0 heterocycles. The molecule has 0 radical (unpaired) electrons. The van der Waals surface area contributed by atoms with Crippen LogP contribution >= 0.6 is 0 Å². The molecule has 0 aromatic carbocycles. The van der Waals surface area contributed by atoms with Crippen LogP contribution in [0.2, 0.25) is 0 Å². The van der Waals surface area contributed by atoms with Crippen molar-refractivity contribution in [1.82, 2.24) is 0 Å². The Kier molecular flexibility index (Phi) is 76.4. The fourth-order valence-corrected chi connectivity index (χ4v) is 6.10. The smallest absolute Gasteiger partial charge is 0.550 e. The molecule has 0 aliphatic heterocycles. The number of aliphatic carboxylic acids is 7. The van der Waals surface area contributed by atoms with E-state index in [4.69, 9.17) is 19.9 Å². The molecule has 0 saturated carbocycles. The Morgan fingerprint density at radius 3 is 0.809 bits per heavy atom. The van der Waals surface area contributed by atoms with Gasteiger partial charge in [-0.15, -0.1) is 0 Å². The Labute approximate surface area is 508 Å². The average molecular weight is 1050 g/mol. The second kappa shape index (κ2) is 58.7. The van der Waals surface area contributed by atoms with Crippen molar-refractivity contribution >= 4 is 75.2 Å². The van der Waals surface area contributed by atoms with Gasteiger partial charge >= 0.3 is 158 Å². The Morgan fingerprint density at radius 2 is 0.632 bits per heavy atom. The largest absolute Gasteiger partial charge is 2.00 e. The Morgan fingerprint density at radius 1 is 0.426 bits per heavy atom. The first-order valence-electron chi connectivity index (χ1n) is 21.9. The topological polar surface area (TPSA) is 382 Å². The monoisotopic (exact) mass is 1040 g/mol. The van der Waals surface area contributed by atoms with Gasteiger partial charge in [-0.2, -0.15) is 8.42 Å². The number of carbonyl (C=O) groups is 7. The molecule has 0 fully saturated rings. The van der Waals surface area contributed by atoms with E-state index in [9.17, 15) is 72.6 Å². The first-order valence-corrected chi connectivity index (χ1v) is 23.3. The molecule has 0 aromatic heterocycles. The fourth-order valence-electron chi connectivity index (χ4n) is 5.77. The molecule has 4 N–H and O–H groups in total. The standard InChI is InChI=1S/C18H36O2.C12H26O4S.2C6H8O7.Mg.4Na/c1-2-3-4-5-6-7-8-9-10-11-12-13-14-15-16-17-18(19)20;1-2-3-4-5-6-7-8-9-10-11-12-16-17(13,14)15;2*7-3(8)1-6(13,5(11)12)2-4(9)10;;;;;/h2-17H2,1H3,(H,19,20);2-12H2,1H3,(H,13,14,15);2*13H,1-2H2,(H,7,8)(H,9,10)(H,11,12);;;;;/q;;;;+2;4*+1/p-6. The van der Waals surface area contributed by atoms with Gasteiger partial charge in [0.05, 0.1) is 18.5 Å². The van der Waals surface area contributed by atoms with Gasteiger partial charge in [0, 0.05) is 56.0 Å². The minimum Gasteiger partial charge on any atom is -0.550 e. The van der Waals surface area contributed by atoms with Crippen LogP contribution in [0.4, 0.5) is 0 Å². The van der Waals surface area contributed by atoms with Gasteiger partial charge < -0.3 is 74.7 Å². The summed E-state index contributed by atoms with van der Waals surface area (Å²) in [5, 5.41) is 86.4. The van der Waals surface area contributed by atoms with Crippen LogP contribution in [-0.2, 0) is 48.1 Å². The van der Waals surface area contributed by atoms with Crippen LogP contribution in [-0.4, -0.2) is 111 Å². The summed E-state index contributed by atoms with van der Waals surface area (Å²) in [6.07, 6.45) is 26.6. The summed E-state index contributed by atoms with van der Waals surface area (Å²) in [6.45, 7) is 4.58. The van der Waals surface area contributed by atoms with Crippen molar-refractivity contribution in [1.29, 1.82) is 0 Å². The second-order valence-electron chi connectivity index (χ2n) is 15.4. The van der Waals surface area contributed by atoms with Crippen molar-refractivity contribution in [3.63, 3.8) is 0 Å². The maximum atomic E-state index is 10.3. The van der Waals surface area contributed by atoms with Gasteiger partial charge in [-0.25, -0.2) is 4.18 Å². The first-order chi connectivity index (χ1) is 29.4. The Bertz CT molecular complexity index is 1300. The zero-order valence-corrected chi connectivity index (χ0v) is 52.1. The predicted molar refractivity (Wildman–Crippen MR) is 221 cm³/mol. The van der Waals surface area contributed by atoms with Gasteiger partial charge in [0.2, 0.25) is 0 Å². The third-order valence-electron chi connectivity index (χ3n) is 9.23. The van der Waals surface area contributed by atoms with Gasteiger partial charge in [0.1, 0.15) is 11.2 Å². The van der Waals surface area contributed by atoms with Crippen molar-refractivity contribution in [2.75, 3.05) is 6.61 Å². The summed E-state index contributed by atoms with van der Waals surface area (Å²) in [5.41, 5.74) is -5.95. The molecular weight excluding hydrogens is 973 g/mol. The number of hydrogen-bond donors (Lipinski definition) is 4. The molecule has 0 aromatic rings. The molecule has 26 heteroatoms. The third kappa shape index (κ3) is 71.1. The summed E-state index contributed by atoms with van der Waals surface area (Å²) >= 11 is 0. The van der Waals surface area contributed by atoms with Crippen molar-refractivity contribution in [2.24, 2.45) is 0 Å². The van der Waals surface area contributed by atoms with E-state index in [0.29, 0.717) is 12.8 Å². The zero-order chi connectivity index (χ0) is 49.2. The summed E-state index contributed by atoms with van der Waals surface area (Å²) in [7, 11) is -4.23. The molecule has 372 valence electrons. The molecule has 0 rings (SSSR count). The van der Waals surface area contributed by atoms with E-state index in [1.54, 1.807) is 0 Å². The van der Waals surface area contributed by atoms with Crippen LogP contribution in [0.25, 0.3) is 0 Å². The molecule has 0 bridgehead atoms. The van der Waals surface area contributed by atoms with Crippen LogP contribution in [0.15, 0.2) is 0 Å². The van der Waals surface area contributed by atoms with Crippen molar-refractivity contribution in [3.8, 4) is 0 Å². The third-order valence-corrected chi connectivity index (χ3v) is 9.70. The number of carbonyl (C=O) groups excluding carboxylic acids is 6. The quantitative estimate of drug-likeness (QED) is 0.0253. The van der Waals surface area contributed by atoms with E-state index in [1.807, 2.05) is 0 Å². The summed E-state index contributed by atoms with van der Waals surface area (Å²) < 4.78 is 33.0. The predicted octanol–water partition coefficient (Wildman–Crippen LogP) is -12.8. The molecule has 68 heavy (non-hydrogen) atoms. The molecule has 0 aliphatic carbocycles. The van der Waals surface area contributed by atoms with Crippen LogP contribution in [0, 0.1) is 0 Å². The number of aliphatic hydroxyl groups is 2. The van der Waals surface area contributed by atoms with Crippen LogP contribution in [0.3, 0.4) is 0 Å². The van der Waals surface area contributed by atoms with E-state index < -0.39 is 89.1 Å². The summed E-state index contributed by atoms with van der Waals surface area (Å²) in [4.78, 5) is 70.3. The summed E-state index contributed by atoms with van der Waals surface area (Å²) in [5.74, 6) is -12.6. The van der Waals surface area contributed by atoms with Crippen LogP contribution < -0.4 is 149 Å². The minimum atomic E-state index is -4.23. The van der Waals surface area contributed by atoms with Gasteiger partial charge in [0.15, 0.2) is 0 Å². The van der Waals surface area contributed by atoms with Gasteiger partial charge in [-0.05, 0) is 12.8 Å². The SMILES string of the molecule is CCCCCCCCCCCCCCCCCC(=O)O.CCCCCCCCCCCCOS(=O)(=O)O.O=C([O-])CC(O)(CC(=O)[O-])C(=O)[O-].O=C([O-])CC(O)(CC(=O)[O-])C(=O)[O-].[Mg+2].[Na+].[Na+].[Na+].[Na+]. The van der Waals surface area contributed by atoms with Crippen molar-refractivity contribution < 1.29 is 215 Å². The first kappa shape index (κ1) is 88.5. The van der Waals surface area contributed by atoms with E-state index >= 15 is 0 Å². The Balaban J connectivity index is -0.0000000966. The molecule has 20 nitrogen and oxygen atoms in total. The zero-order valence-electron chi connectivity index (χ0n) is 41.9. The number of rotatable bonds is 38. The van der Waals surface area contributed by atoms with Gasteiger partial charge in [-0.3, -0.25) is 9.35 Å². The summed E-state index contributed by atoms with van der Waals surface area (Å²) in [6, 6.07) is 0. The van der Waals surface area contributed by atoms with Gasteiger partial charge in [0.25, 0.3) is 0 Å².